The van der Waals surface area contributed by atoms with Gasteiger partial charge in [0.25, 0.3) is 11.6 Å². The Balaban J connectivity index is 2.01. The van der Waals surface area contributed by atoms with Crippen molar-refractivity contribution < 1.29 is 18.1 Å². The van der Waals surface area contributed by atoms with Crippen LogP contribution in [0, 0.1) is 16.0 Å². The first kappa shape index (κ1) is 15.9. The number of amides is 1. The average Bonchev–Trinajstić information content (AvgIpc) is 2.75. The molecule has 1 aromatic carbocycles. The van der Waals surface area contributed by atoms with Crippen molar-refractivity contribution in [2.75, 3.05) is 18.1 Å². The molecule has 114 valence electrons. The van der Waals surface area contributed by atoms with Gasteiger partial charge in [0, 0.05) is 18.2 Å². The Labute approximate surface area is 129 Å². The molecular weight excluding hydrogens is 364 g/mol. The van der Waals surface area contributed by atoms with Crippen molar-refractivity contribution in [3.8, 4) is 0 Å². The molecule has 1 amide bonds. The summed E-state index contributed by atoms with van der Waals surface area (Å²) in [5.74, 6) is -0.315. The van der Waals surface area contributed by atoms with Gasteiger partial charge in [0.15, 0.2) is 9.84 Å². The lowest BCUT2D eigenvalue weighted by atomic mass is 10.1. The zero-order chi connectivity index (χ0) is 15.6. The average molecular weight is 377 g/mol. The number of rotatable bonds is 4. The molecule has 9 heteroatoms. The summed E-state index contributed by atoms with van der Waals surface area (Å²) < 4.78 is 22.9. The number of nitro benzene ring substituents is 1. The molecule has 0 aromatic heterocycles. The van der Waals surface area contributed by atoms with Crippen molar-refractivity contribution in [1.82, 2.24) is 5.32 Å². The summed E-state index contributed by atoms with van der Waals surface area (Å²) in [6, 6.07) is 4.09. The molecule has 1 saturated heterocycles. The van der Waals surface area contributed by atoms with Gasteiger partial charge in [0.05, 0.1) is 20.9 Å². The van der Waals surface area contributed by atoms with Gasteiger partial charge >= 0.3 is 0 Å². The Morgan fingerprint density at radius 3 is 2.76 bits per heavy atom. The molecule has 1 aliphatic rings. The Bertz CT molecular complexity index is 689. The topological polar surface area (TPSA) is 106 Å². The third-order valence-electron chi connectivity index (χ3n) is 3.28. The molecule has 0 radical (unpaired) electrons. The summed E-state index contributed by atoms with van der Waals surface area (Å²) in [6.07, 6.45) is 0.531. The molecule has 1 aromatic rings. The molecule has 0 aliphatic carbocycles. The van der Waals surface area contributed by atoms with E-state index < -0.39 is 20.7 Å². The highest BCUT2D eigenvalue weighted by molar-refractivity contribution is 9.10. The van der Waals surface area contributed by atoms with Crippen LogP contribution in [0.3, 0.4) is 0 Å². The van der Waals surface area contributed by atoms with Crippen LogP contribution in [0.15, 0.2) is 22.7 Å². The fourth-order valence-corrected chi connectivity index (χ4v) is 4.42. The first-order chi connectivity index (χ1) is 9.78. The number of nitrogens with zero attached hydrogens (tertiary/aromatic N) is 1. The van der Waals surface area contributed by atoms with E-state index in [1.807, 2.05) is 0 Å². The Morgan fingerprint density at radius 1 is 1.48 bits per heavy atom. The predicted molar refractivity (Wildman–Crippen MR) is 79.9 cm³/mol. The van der Waals surface area contributed by atoms with Crippen LogP contribution in [0.5, 0.6) is 0 Å². The van der Waals surface area contributed by atoms with Crippen molar-refractivity contribution in [1.29, 1.82) is 0 Å². The lowest BCUT2D eigenvalue weighted by molar-refractivity contribution is -0.385. The number of sulfone groups is 1. The van der Waals surface area contributed by atoms with Crippen LogP contribution in [-0.2, 0) is 9.84 Å². The highest BCUT2D eigenvalue weighted by Crippen LogP contribution is 2.25. The SMILES string of the molecule is O=C(NCC1CCS(=O)(=O)C1)c1ccc(Br)c([N+](=O)[O-])c1. The van der Waals surface area contributed by atoms with E-state index in [0.29, 0.717) is 10.9 Å². The van der Waals surface area contributed by atoms with Crippen molar-refractivity contribution in [2.24, 2.45) is 5.92 Å². The maximum Gasteiger partial charge on any atom is 0.284 e. The number of hydrogen-bond acceptors (Lipinski definition) is 5. The molecule has 1 N–H and O–H groups in total. The van der Waals surface area contributed by atoms with Gasteiger partial charge in [-0.2, -0.15) is 0 Å². The second kappa shape index (κ2) is 6.10. The molecular formula is C12H13BrN2O5S. The summed E-state index contributed by atoms with van der Waals surface area (Å²) in [5.41, 5.74) is -0.0168. The second-order valence-corrected chi connectivity index (χ2v) is 7.99. The number of halogens is 1. The van der Waals surface area contributed by atoms with E-state index in [2.05, 4.69) is 21.2 Å². The zero-order valence-electron chi connectivity index (χ0n) is 10.9. The molecule has 7 nitrogen and oxygen atoms in total. The molecule has 0 spiro atoms. The van der Waals surface area contributed by atoms with Crippen LogP contribution in [0.2, 0.25) is 0 Å². The van der Waals surface area contributed by atoms with E-state index >= 15 is 0 Å². The minimum atomic E-state index is -2.98. The van der Waals surface area contributed by atoms with Crippen LogP contribution in [0.4, 0.5) is 5.69 Å². The second-order valence-electron chi connectivity index (χ2n) is 4.90. The first-order valence-electron chi connectivity index (χ1n) is 6.21. The van der Waals surface area contributed by atoms with Gasteiger partial charge in [-0.05, 0) is 40.4 Å². The van der Waals surface area contributed by atoms with E-state index in [4.69, 9.17) is 0 Å². The highest BCUT2D eigenvalue weighted by Gasteiger charge is 2.28. The van der Waals surface area contributed by atoms with E-state index in [9.17, 15) is 23.3 Å². The third kappa shape index (κ3) is 4.01. The van der Waals surface area contributed by atoms with Crippen LogP contribution in [0.1, 0.15) is 16.8 Å². The standard InChI is InChI=1S/C12H13BrN2O5S/c13-10-2-1-9(5-11(10)15(17)18)12(16)14-6-8-3-4-21(19,20)7-8/h1-2,5,8H,3-4,6-7H2,(H,14,16). The van der Waals surface area contributed by atoms with E-state index in [1.165, 1.54) is 18.2 Å². The molecule has 1 atom stereocenters. The number of carbonyl (C=O) groups excluding carboxylic acids is 1. The maximum absolute atomic E-state index is 12.0. The zero-order valence-corrected chi connectivity index (χ0v) is 13.3. The Morgan fingerprint density at radius 2 is 2.19 bits per heavy atom. The van der Waals surface area contributed by atoms with Crippen LogP contribution >= 0.6 is 15.9 Å². The lowest BCUT2D eigenvalue weighted by Gasteiger charge is -2.09. The maximum atomic E-state index is 12.0. The van der Waals surface area contributed by atoms with Crippen LogP contribution < -0.4 is 5.32 Å². The van der Waals surface area contributed by atoms with Gasteiger partial charge < -0.3 is 5.32 Å². The van der Waals surface area contributed by atoms with Gasteiger partial charge in [0.1, 0.15) is 0 Å². The van der Waals surface area contributed by atoms with E-state index in [-0.39, 0.29) is 35.2 Å². The number of nitrogens with one attached hydrogen (secondary N) is 1. The smallest absolute Gasteiger partial charge is 0.284 e. The summed E-state index contributed by atoms with van der Waals surface area (Å²) in [7, 11) is -2.98. The molecule has 1 aliphatic heterocycles. The fourth-order valence-electron chi connectivity index (χ4n) is 2.17. The Kier molecular flexibility index (Phi) is 4.62. The summed E-state index contributed by atoms with van der Waals surface area (Å²) in [6.45, 7) is 0.252. The molecule has 21 heavy (non-hydrogen) atoms. The number of benzene rings is 1. The van der Waals surface area contributed by atoms with Crippen molar-refractivity contribution in [2.45, 2.75) is 6.42 Å². The normalized spacial score (nSPS) is 20.1. The van der Waals surface area contributed by atoms with Gasteiger partial charge in [0.2, 0.25) is 0 Å². The fraction of sp³-hybridized carbons (Fsp3) is 0.417. The van der Waals surface area contributed by atoms with Gasteiger partial charge in [-0.25, -0.2) is 8.42 Å². The molecule has 1 fully saturated rings. The number of nitro groups is 1. The van der Waals surface area contributed by atoms with Gasteiger partial charge in [-0.3, -0.25) is 14.9 Å². The first-order valence-corrected chi connectivity index (χ1v) is 8.82. The minimum absolute atomic E-state index is 0.0771. The summed E-state index contributed by atoms with van der Waals surface area (Å²) in [4.78, 5) is 22.2. The number of carbonyl (C=O) groups is 1. The minimum Gasteiger partial charge on any atom is -0.352 e. The molecule has 0 bridgehead atoms. The molecule has 1 unspecified atom stereocenters. The molecule has 2 rings (SSSR count). The predicted octanol–water partition coefficient (Wildman–Crippen LogP) is 1.52. The van der Waals surface area contributed by atoms with Crippen LogP contribution in [0.25, 0.3) is 0 Å². The van der Waals surface area contributed by atoms with E-state index in [1.54, 1.807) is 0 Å². The van der Waals surface area contributed by atoms with Gasteiger partial charge in [-0.15, -0.1) is 0 Å². The lowest BCUT2D eigenvalue weighted by Crippen LogP contribution is -2.29. The van der Waals surface area contributed by atoms with Crippen molar-refractivity contribution in [3.63, 3.8) is 0 Å². The Hall–Kier alpha value is -1.48. The number of hydrogen-bond donors (Lipinski definition) is 1. The highest BCUT2D eigenvalue weighted by atomic mass is 79.9. The summed E-state index contributed by atoms with van der Waals surface area (Å²) >= 11 is 3.05. The van der Waals surface area contributed by atoms with E-state index in [0.717, 1.165) is 0 Å². The van der Waals surface area contributed by atoms with Crippen molar-refractivity contribution in [3.05, 3.63) is 38.3 Å². The third-order valence-corrected chi connectivity index (χ3v) is 5.79. The summed E-state index contributed by atoms with van der Waals surface area (Å²) in [5, 5.41) is 13.4. The van der Waals surface area contributed by atoms with Crippen LogP contribution in [-0.4, -0.2) is 37.3 Å². The monoisotopic (exact) mass is 376 g/mol. The largest absolute Gasteiger partial charge is 0.352 e. The molecule has 0 saturated carbocycles. The quantitative estimate of drug-likeness (QED) is 0.633. The van der Waals surface area contributed by atoms with Crippen molar-refractivity contribution >= 4 is 37.4 Å². The van der Waals surface area contributed by atoms with Gasteiger partial charge in [-0.1, -0.05) is 0 Å². The molecule has 1 heterocycles.